The highest BCUT2D eigenvalue weighted by Gasteiger charge is 2.53. The normalized spacial score (nSPS) is 41.2. The molecule has 2 heteroatoms. The fourth-order valence-corrected chi connectivity index (χ4v) is 3.50. The van der Waals surface area contributed by atoms with Crippen molar-refractivity contribution in [3.63, 3.8) is 0 Å². The third-order valence-corrected chi connectivity index (χ3v) is 4.22. The largest absolute Gasteiger partial charge is 0.378 e. The summed E-state index contributed by atoms with van der Waals surface area (Å²) in [6.07, 6.45) is 1.10. The van der Waals surface area contributed by atoms with E-state index in [1.165, 1.54) is 0 Å². The van der Waals surface area contributed by atoms with Crippen molar-refractivity contribution in [1.82, 2.24) is 0 Å². The summed E-state index contributed by atoms with van der Waals surface area (Å²) in [5, 5.41) is 0. The van der Waals surface area contributed by atoms with E-state index in [1.807, 2.05) is 0 Å². The average molecular weight is 212 g/mol. The van der Waals surface area contributed by atoms with Crippen LogP contribution in [0.1, 0.15) is 34.1 Å². The number of hydrogen-bond acceptors (Lipinski definition) is 2. The molecule has 15 heavy (non-hydrogen) atoms. The van der Waals surface area contributed by atoms with E-state index in [4.69, 9.17) is 9.47 Å². The zero-order valence-electron chi connectivity index (χ0n) is 10.5. The summed E-state index contributed by atoms with van der Waals surface area (Å²) in [6, 6.07) is 0. The molecule has 0 amide bonds. The quantitative estimate of drug-likeness (QED) is 0.700. The van der Waals surface area contributed by atoms with Crippen molar-refractivity contribution in [2.45, 2.75) is 39.7 Å². The standard InChI is InChI=1S/C13H24O2/c1-9(2)11-7-15-13(5-6-14-8-13)12(11)10(3)4/h9-12H,5-8H2,1-4H3. The molecule has 2 aliphatic rings. The molecule has 2 saturated heterocycles. The Hall–Kier alpha value is -0.0800. The lowest BCUT2D eigenvalue weighted by molar-refractivity contribution is -0.0373. The number of hydrogen-bond donors (Lipinski definition) is 0. The Labute approximate surface area is 93.3 Å². The van der Waals surface area contributed by atoms with Crippen molar-refractivity contribution in [2.24, 2.45) is 23.7 Å². The van der Waals surface area contributed by atoms with E-state index in [1.54, 1.807) is 0 Å². The van der Waals surface area contributed by atoms with Crippen molar-refractivity contribution in [2.75, 3.05) is 19.8 Å². The molecule has 0 aliphatic carbocycles. The van der Waals surface area contributed by atoms with E-state index < -0.39 is 0 Å². The third kappa shape index (κ3) is 1.83. The van der Waals surface area contributed by atoms with Gasteiger partial charge in [-0.15, -0.1) is 0 Å². The van der Waals surface area contributed by atoms with Gasteiger partial charge in [0.2, 0.25) is 0 Å². The molecule has 2 rings (SSSR count). The van der Waals surface area contributed by atoms with Crippen LogP contribution in [-0.4, -0.2) is 25.4 Å². The molecule has 0 aromatic rings. The Morgan fingerprint density at radius 1 is 1.13 bits per heavy atom. The van der Waals surface area contributed by atoms with Gasteiger partial charge in [0, 0.05) is 13.0 Å². The van der Waals surface area contributed by atoms with Gasteiger partial charge in [0.15, 0.2) is 0 Å². The van der Waals surface area contributed by atoms with Crippen LogP contribution >= 0.6 is 0 Å². The molecule has 1 spiro atoms. The summed E-state index contributed by atoms with van der Waals surface area (Å²) >= 11 is 0. The van der Waals surface area contributed by atoms with Gasteiger partial charge >= 0.3 is 0 Å². The van der Waals surface area contributed by atoms with Crippen molar-refractivity contribution in [1.29, 1.82) is 0 Å². The van der Waals surface area contributed by atoms with E-state index in [9.17, 15) is 0 Å². The molecule has 0 saturated carbocycles. The molecular formula is C13H24O2. The minimum atomic E-state index is 0.0586. The van der Waals surface area contributed by atoms with Gasteiger partial charge < -0.3 is 9.47 Å². The topological polar surface area (TPSA) is 18.5 Å². The van der Waals surface area contributed by atoms with Crippen molar-refractivity contribution in [3.05, 3.63) is 0 Å². The number of ether oxygens (including phenoxy) is 2. The summed E-state index contributed by atoms with van der Waals surface area (Å²) in [5.41, 5.74) is 0.0586. The van der Waals surface area contributed by atoms with Crippen LogP contribution in [0.3, 0.4) is 0 Å². The predicted octanol–water partition coefficient (Wildman–Crippen LogP) is 2.72. The second-order valence-electron chi connectivity index (χ2n) is 5.86. The fraction of sp³-hybridized carbons (Fsp3) is 1.00. The smallest absolute Gasteiger partial charge is 0.0970 e. The highest BCUT2D eigenvalue weighted by Crippen LogP contribution is 2.48. The second kappa shape index (κ2) is 4.06. The van der Waals surface area contributed by atoms with E-state index in [0.717, 1.165) is 32.2 Å². The molecule has 88 valence electrons. The molecule has 2 aliphatic heterocycles. The lowest BCUT2D eigenvalue weighted by atomic mass is 9.70. The fourth-order valence-electron chi connectivity index (χ4n) is 3.50. The first kappa shape index (κ1) is 11.4. The molecule has 2 fully saturated rings. The molecule has 2 nitrogen and oxygen atoms in total. The third-order valence-electron chi connectivity index (χ3n) is 4.22. The van der Waals surface area contributed by atoms with Crippen LogP contribution in [0, 0.1) is 23.7 Å². The summed E-state index contributed by atoms with van der Waals surface area (Å²) < 4.78 is 11.7. The first-order valence-corrected chi connectivity index (χ1v) is 6.28. The Bertz CT molecular complexity index is 217. The Morgan fingerprint density at radius 2 is 1.87 bits per heavy atom. The zero-order chi connectivity index (χ0) is 11.1. The van der Waals surface area contributed by atoms with Crippen LogP contribution in [0.4, 0.5) is 0 Å². The van der Waals surface area contributed by atoms with Gasteiger partial charge in [0.1, 0.15) is 0 Å². The first-order valence-electron chi connectivity index (χ1n) is 6.28. The van der Waals surface area contributed by atoms with Gasteiger partial charge in [-0.05, 0) is 23.7 Å². The highest BCUT2D eigenvalue weighted by molar-refractivity contribution is 5.01. The number of rotatable bonds is 2. The van der Waals surface area contributed by atoms with E-state index in [0.29, 0.717) is 17.8 Å². The van der Waals surface area contributed by atoms with Crippen LogP contribution in [0.5, 0.6) is 0 Å². The Balaban J connectivity index is 2.20. The molecule has 0 bridgehead atoms. The van der Waals surface area contributed by atoms with Gasteiger partial charge in [-0.2, -0.15) is 0 Å². The summed E-state index contributed by atoms with van der Waals surface area (Å²) in [6.45, 7) is 11.9. The molecule has 0 N–H and O–H groups in total. The van der Waals surface area contributed by atoms with E-state index in [-0.39, 0.29) is 5.60 Å². The van der Waals surface area contributed by atoms with Crippen molar-refractivity contribution in [3.8, 4) is 0 Å². The molecule has 0 aromatic heterocycles. The van der Waals surface area contributed by atoms with Gasteiger partial charge in [-0.3, -0.25) is 0 Å². The summed E-state index contributed by atoms with van der Waals surface area (Å²) in [7, 11) is 0. The van der Waals surface area contributed by atoms with Gasteiger partial charge in [-0.1, -0.05) is 27.7 Å². The zero-order valence-corrected chi connectivity index (χ0v) is 10.5. The van der Waals surface area contributed by atoms with Gasteiger partial charge in [0.25, 0.3) is 0 Å². The van der Waals surface area contributed by atoms with Crippen LogP contribution in [0.15, 0.2) is 0 Å². The summed E-state index contributed by atoms with van der Waals surface area (Å²) in [5.74, 6) is 2.81. The molecule has 2 heterocycles. The summed E-state index contributed by atoms with van der Waals surface area (Å²) in [4.78, 5) is 0. The second-order valence-corrected chi connectivity index (χ2v) is 5.86. The maximum Gasteiger partial charge on any atom is 0.0970 e. The van der Waals surface area contributed by atoms with Crippen LogP contribution in [0.2, 0.25) is 0 Å². The lowest BCUT2D eigenvalue weighted by Gasteiger charge is -2.35. The van der Waals surface area contributed by atoms with Crippen molar-refractivity contribution < 1.29 is 9.47 Å². The minimum absolute atomic E-state index is 0.0586. The molecule has 0 radical (unpaired) electrons. The molecule has 3 unspecified atom stereocenters. The minimum Gasteiger partial charge on any atom is -0.378 e. The SMILES string of the molecule is CC(C)C1COC2(CCOC2)C1C(C)C. The molecule has 3 atom stereocenters. The Morgan fingerprint density at radius 3 is 2.33 bits per heavy atom. The monoisotopic (exact) mass is 212 g/mol. The molecular weight excluding hydrogens is 188 g/mol. The van der Waals surface area contributed by atoms with Gasteiger partial charge in [-0.25, -0.2) is 0 Å². The van der Waals surface area contributed by atoms with Crippen LogP contribution < -0.4 is 0 Å². The van der Waals surface area contributed by atoms with E-state index in [2.05, 4.69) is 27.7 Å². The maximum absolute atomic E-state index is 6.12. The van der Waals surface area contributed by atoms with Crippen LogP contribution in [0.25, 0.3) is 0 Å². The lowest BCUT2D eigenvalue weighted by Crippen LogP contribution is -2.41. The van der Waals surface area contributed by atoms with Crippen molar-refractivity contribution >= 4 is 0 Å². The average Bonchev–Trinajstić information content (AvgIpc) is 2.74. The highest BCUT2D eigenvalue weighted by atomic mass is 16.6. The van der Waals surface area contributed by atoms with Gasteiger partial charge in [0.05, 0.1) is 18.8 Å². The van der Waals surface area contributed by atoms with Crippen LogP contribution in [-0.2, 0) is 9.47 Å². The van der Waals surface area contributed by atoms with E-state index >= 15 is 0 Å². The first-order chi connectivity index (χ1) is 7.07. The molecule has 0 aromatic carbocycles. The predicted molar refractivity (Wildman–Crippen MR) is 60.8 cm³/mol. The Kier molecular flexibility index (Phi) is 3.09. The maximum atomic E-state index is 6.12.